The summed E-state index contributed by atoms with van der Waals surface area (Å²) in [7, 11) is 0. The van der Waals surface area contributed by atoms with Crippen molar-refractivity contribution in [1.29, 1.82) is 0 Å². The highest BCUT2D eigenvalue weighted by atomic mass is 35.5. The number of ketones is 2. The van der Waals surface area contributed by atoms with Crippen LogP contribution < -0.4 is 0 Å². The Morgan fingerprint density at radius 2 is 1.91 bits per heavy atom. The number of allylic oxidation sites excluding steroid dienone is 1. The van der Waals surface area contributed by atoms with E-state index in [0.29, 0.717) is 18.4 Å². The molecule has 1 aromatic rings. The number of Topliss-reactive ketones (excluding diaryl/α,β-unsaturated/α-hetero) is 2. The average Bonchev–Trinajstić information content (AvgIpc) is 2.71. The molecule has 0 amide bonds. The number of fused-ring (bicyclic) bond motifs is 2. The highest BCUT2D eigenvalue weighted by molar-refractivity contribution is 6.45. The standard InChI is InChI=1S/C25H30Cl2O6/c1-13(2)17(29)7-6-14(3)8-9-25-21(31)16-10-15(28)11-18(30)20(16)22(32)24(25,27)12-19(26)23(4,5)33-25/h8,10-11,17,19,28-30H,1,6-7,9,12H2,2-5H3/b14-8-/t17-,19-,24-,25+/m1/s1. The second-order valence-electron chi connectivity index (χ2n) is 9.71. The Labute approximate surface area is 203 Å². The van der Waals surface area contributed by atoms with Crippen molar-refractivity contribution in [3.63, 3.8) is 0 Å². The predicted octanol–water partition coefficient (Wildman–Crippen LogP) is 5.05. The molecule has 1 fully saturated rings. The van der Waals surface area contributed by atoms with Crippen LogP contribution in [0.3, 0.4) is 0 Å². The molecule has 33 heavy (non-hydrogen) atoms. The minimum atomic E-state index is -1.85. The number of ether oxygens (including phenoxy) is 1. The van der Waals surface area contributed by atoms with Crippen LogP contribution in [0.1, 0.15) is 74.1 Å². The van der Waals surface area contributed by atoms with Gasteiger partial charge >= 0.3 is 0 Å². The zero-order chi connectivity index (χ0) is 24.9. The lowest BCUT2D eigenvalue weighted by Crippen LogP contribution is -2.72. The minimum absolute atomic E-state index is 0.0149. The van der Waals surface area contributed by atoms with Crippen LogP contribution in [0.15, 0.2) is 35.9 Å². The lowest BCUT2D eigenvalue weighted by molar-refractivity contribution is -0.157. The number of hydrogen-bond acceptors (Lipinski definition) is 6. The lowest BCUT2D eigenvalue weighted by Gasteiger charge is -2.56. The van der Waals surface area contributed by atoms with E-state index in [0.717, 1.165) is 17.7 Å². The number of aromatic hydroxyl groups is 2. The van der Waals surface area contributed by atoms with Crippen LogP contribution in [0.5, 0.6) is 11.5 Å². The molecule has 1 aliphatic carbocycles. The van der Waals surface area contributed by atoms with Gasteiger partial charge < -0.3 is 20.1 Å². The fourth-order valence-corrected chi connectivity index (χ4v) is 5.33. The van der Waals surface area contributed by atoms with Gasteiger partial charge in [-0.3, -0.25) is 9.59 Å². The van der Waals surface area contributed by atoms with Crippen molar-refractivity contribution in [2.45, 2.75) is 80.9 Å². The number of alkyl halides is 2. The Balaban J connectivity index is 2.11. The van der Waals surface area contributed by atoms with Gasteiger partial charge in [-0.15, -0.1) is 23.2 Å². The van der Waals surface area contributed by atoms with Crippen molar-refractivity contribution in [3.8, 4) is 11.5 Å². The first kappa shape index (κ1) is 25.8. The number of phenolic OH excluding ortho intramolecular Hbond substituents is 2. The quantitative estimate of drug-likeness (QED) is 0.375. The third-order valence-electron chi connectivity index (χ3n) is 6.71. The van der Waals surface area contributed by atoms with Crippen molar-refractivity contribution >= 4 is 34.8 Å². The number of halogens is 2. The van der Waals surface area contributed by atoms with Crippen LogP contribution in [0.25, 0.3) is 0 Å². The van der Waals surface area contributed by atoms with Gasteiger partial charge in [0.2, 0.25) is 0 Å². The van der Waals surface area contributed by atoms with Gasteiger partial charge in [0.1, 0.15) is 16.4 Å². The SMILES string of the molecule is C=C(C)[C@H](O)CC/C(C)=C\C[C@@]12OC(C)(C)[C@H](Cl)C[C@@]1(Cl)C(=O)c1c(O)cc(O)cc1C2=O. The Morgan fingerprint density at radius 3 is 2.52 bits per heavy atom. The summed E-state index contributed by atoms with van der Waals surface area (Å²) in [5.74, 6) is -2.13. The van der Waals surface area contributed by atoms with Crippen LogP contribution in [-0.4, -0.2) is 54.4 Å². The van der Waals surface area contributed by atoms with Crippen LogP contribution in [0.4, 0.5) is 0 Å². The van der Waals surface area contributed by atoms with Gasteiger partial charge in [-0.1, -0.05) is 23.8 Å². The Hall–Kier alpha value is -1.86. The molecule has 180 valence electrons. The smallest absolute Gasteiger partial charge is 0.198 e. The van der Waals surface area contributed by atoms with Crippen molar-refractivity contribution in [2.75, 3.05) is 0 Å². The molecule has 3 N–H and O–H groups in total. The maximum absolute atomic E-state index is 13.9. The van der Waals surface area contributed by atoms with E-state index in [9.17, 15) is 24.9 Å². The fourth-order valence-electron chi connectivity index (χ4n) is 4.53. The van der Waals surface area contributed by atoms with Gasteiger partial charge in [0, 0.05) is 18.1 Å². The van der Waals surface area contributed by atoms with E-state index in [1.165, 1.54) is 0 Å². The molecule has 0 radical (unpaired) electrons. The molecule has 3 rings (SSSR count). The van der Waals surface area contributed by atoms with E-state index in [4.69, 9.17) is 27.9 Å². The van der Waals surface area contributed by atoms with Crippen molar-refractivity contribution < 1.29 is 29.6 Å². The highest BCUT2D eigenvalue weighted by Gasteiger charge is 2.70. The first-order valence-corrected chi connectivity index (χ1v) is 11.7. The van der Waals surface area contributed by atoms with Gasteiger partial charge in [0.05, 0.1) is 22.6 Å². The second-order valence-corrected chi connectivity index (χ2v) is 10.9. The van der Waals surface area contributed by atoms with Gasteiger partial charge in [0.15, 0.2) is 17.2 Å². The molecule has 1 aromatic carbocycles. The molecule has 2 aliphatic rings. The summed E-state index contributed by atoms with van der Waals surface area (Å²) in [6.07, 6.45) is 2.08. The summed E-state index contributed by atoms with van der Waals surface area (Å²) in [5.41, 5.74) is -1.60. The molecule has 1 saturated heterocycles. The minimum Gasteiger partial charge on any atom is -0.508 e. The summed E-state index contributed by atoms with van der Waals surface area (Å²) < 4.78 is 6.31. The number of hydrogen-bond donors (Lipinski definition) is 3. The van der Waals surface area contributed by atoms with E-state index in [2.05, 4.69) is 6.58 Å². The van der Waals surface area contributed by atoms with Gasteiger partial charge in [-0.05, 0) is 53.0 Å². The van der Waals surface area contributed by atoms with Crippen LogP contribution in [0.2, 0.25) is 0 Å². The van der Waals surface area contributed by atoms with Gasteiger partial charge in [0.25, 0.3) is 0 Å². The number of aliphatic hydroxyl groups is 1. The van der Waals surface area contributed by atoms with E-state index in [1.807, 2.05) is 6.92 Å². The molecule has 1 aliphatic heterocycles. The molecule has 0 spiro atoms. The maximum Gasteiger partial charge on any atom is 0.198 e. The molecule has 0 saturated carbocycles. The highest BCUT2D eigenvalue weighted by Crippen LogP contribution is 2.56. The monoisotopic (exact) mass is 496 g/mol. The Morgan fingerprint density at radius 1 is 1.27 bits per heavy atom. The number of aliphatic hydroxyl groups excluding tert-OH is 1. The summed E-state index contributed by atoms with van der Waals surface area (Å²) in [4.78, 5) is 25.7. The summed E-state index contributed by atoms with van der Waals surface area (Å²) in [5, 5.41) is 29.7. The molecular weight excluding hydrogens is 467 g/mol. The Bertz CT molecular complexity index is 1050. The molecule has 0 aromatic heterocycles. The largest absolute Gasteiger partial charge is 0.508 e. The molecule has 0 bridgehead atoms. The first-order chi connectivity index (χ1) is 15.2. The average molecular weight is 497 g/mol. The normalized spacial score (nSPS) is 29.9. The summed E-state index contributed by atoms with van der Waals surface area (Å²) in [6.45, 7) is 10.8. The van der Waals surface area contributed by atoms with Gasteiger partial charge in [-0.25, -0.2) is 0 Å². The molecule has 8 heteroatoms. The first-order valence-electron chi connectivity index (χ1n) is 10.8. The molecule has 1 heterocycles. The number of phenols is 2. The molecule has 0 unspecified atom stereocenters. The number of rotatable bonds is 6. The van der Waals surface area contributed by atoms with Crippen molar-refractivity contribution in [1.82, 2.24) is 0 Å². The number of benzene rings is 1. The fraction of sp³-hybridized carbons (Fsp3) is 0.520. The molecule has 4 atom stereocenters. The molecular formula is C25H30Cl2O6. The summed E-state index contributed by atoms with van der Waals surface area (Å²) >= 11 is 13.5. The van der Waals surface area contributed by atoms with Gasteiger partial charge in [-0.2, -0.15) is 0 Å². The van der Waals surface area contributed by atoms with Crippen LogP contribution in [0, 0.1) is 0 Å². The lowest BCUT2D eigenvalue weighted by atomic mass is 9.63. The van der Waals surface area contributed by atoms with Crippen LogP contribution >= 0.6 is 23.2 Å². The van der Waals surface area contributed by atoms with Crippen LogP contribution in [-0.2, 0) is 4.74 Å². The second kappa shape index (κ2) is 8.73. The maximum atomic E-state index is 13.9. The Kier molecular flexibility index (Phi) is 6.82. The molecule has 6 nitrogen and oxygen atoms in total. The summed E-state index contributed by atoms with van der Waals surface area (Å²) in [6, 6.07) is 2.15. The van der Waals surface area contributed by atoms with E-state index in [1.54, 1.807) is 26.8 Å². The predicted molar refractivity (Wildman–Crippen MR) is 128 cm³/mol. The topological polar surface area (TPSA) is 104 Å². The van der Waals surface area contributed by atoms with Crippen molar-refractivity contribution in [2.24, 2.45) is 0 Å². The van der Waals surface area contributed by atoms with E-state index < -0.39 is 44.9 Å². The third-order valence-corrected chi connectivity index (χ3v) is 8.02. The number of carbonyl (C=O) groups excluding carboxylic acids is 2. The third kappa shape index (κ3) is 4.23. The van der Waals surface area contributed by atoms with E-state index in [-0.39, 0.29) is 29.7 Å². The van der Waals surface area contributed by atoms with E-state index >= 15 is 0 Å². The number of carbonyl (C=O) groups is 2. The zero-order valence-corrected chi connectivity index (χ0v) is 20.8. The zero-order valence-electron chi connectivity index (χ0n) is 19.2. The van der Waals surface area contributed by atoms with Crippen molar-refractivity contribution in [3.05, 3.63) is 47.1 Å².